The van der Waals surface area contributed by atoms with Crippen LogP contribution in [0.25, 0.3) is 0 Å². The Morgan fingerprint density at radius 3 is 2.18 bits per heavy atom. The summed E-state index contributed by atoms with van der Waals surface area (Å²) in [7, 11) is 0.701. The molecule has 4 heteroatoms. The first-order chi connectivity index (χ1) is 7.62. The molecule has 0 amide bonds. The number of hydrogen-bond donors (Lipinski definition) is 1. The van der Waals surface area contributed by atoms with Gasteiger partial charge < -0.3 is 5.11 Å². The Bertz CT molecular complexity index is 238. The number of aliphatic hydroxyl groups is 1. The van der Waals surface area contributed by atoms with Crippen LogP contribution in [0.1, 0.15) is 27.7 Å². The van der Waals surface area contributed by atoms with Gasteiger partial charge in [0, 0.05) is 13.3 Å². The lowest BCUT2D eigenvalue weighted by molar-refractivity contribution is 0.165. The van der Waals surface area contributed by atoms with Crippen LogP contribution in [0.4, 0.5) is 0 Å². The van der Waals surface area contributed by atoms with E-state index in [1.165, 1.54) is 29.7 Å². The van der Waals surface area contributed by atoms with E-state index >= 15 is 0 Å². The summed E-state index contributed by atoms with van der Waals surface area (Å²) in [6.07, 6.45) is 0. The minimum atomic E-state index is -1.00. The number of hydrogen-bond acceptors (Lipinski definition) is 1. The molecule has 0 atom stereocenters. The van der Waals surface area contributed by atoms with Crippen LogP contribution in [0.15, 0.2) is 11.3 Å². The van der Waals surface area contributed by atoms with E-state index in [0.717, 1.165) is 9.52 Å². The standard InChI is InChI=1S/C13H28OSi3/c1-12(2)11-15-7-9-17(5,6)10-8-16-13(3,4)14/h11,14H,7-10H2,1-6H3. The first kappa shape index (κ1) is 17.4. The third-order valence-corrected chi connectivity index (χ3v) is 9.59. The molecule has 0 aromatic heterocycles. The molecule has 0 rings (SSSR count). The van der Waals surface area contributed by atoms with E-state index in [1.54, 1.807) is 0 Å². The summed E-state index contributed by atoms with van der Waals surface area (Å²) in [6.45, 7) is 13.2. The topological polar surface area (TPSA) is 20.2 Å². The molecule has 4 radical (unpaired) electrons. The monoisotopic (exact) mass is 284 g/mol. The predicted octanol–water partition coefficient (Wildman–Crippen LogP) is 3.59. The molecule has 0 fully saturated rings. The molecular formula is C13H28OSi3. The molecule has 0 spiro atoms. The zero-order chi connectivity index (χ0) is 13.5. The Kier molecular flexibility index (Phi) is 7.87. The highest BCUT2D eigenvalue weighted by molar-refractivity contribution is 6.78. The van der Waals surface area contributed by atoms with Crippen molar-refractivity contribution in [1.82, 2.24) is 0 Å². The van der Waals surface area contributed by atoms with Gasteiger partial charge in [-0.15, -0.1) is 5.70 Å². The van der Waals surface area contributed by atoms with E-state index in [2.05, 4.69) is 32.6 Å². The summed E-state index contributed by atoms with van der Waals surface area (Å²) < 4.78 is 0. The molecule has 98 valence electrons. The first-order valence-electron chi connectivity index (χ1n) is 6.47. The summed E-state index contributed by atoms with van der Waals surface area (Å²) in [5, 5.41) is 9.26. The van der Waals surface area contributed by atoms with Crippen molar-refractivity contribution in [3.63, 3.8) is 0 Å². The Morgan fingerprint density at radius 2 is 1.71 bits per heavy atom. The first-order valence-corrected chi connectivity index (χ1v) is 12.4. The van der Waals surface area contributed by atoms with Crippen LogP contribution >= 0.6 is 0 Å². The van der Waals surface area contributed by atoms with Gasteiger partial charge in [-0.25, -0.2) is 0 Å². The second kappa shape index (κ2) is 7.71. The maximum Gasteiger partial charge on any atom is 0.0808 e. The minimum absolute atomic E-state index is 0.450. The summed E-state index contributed by atoms with van der Waals surface area (Å²) in [5.41, 5.74) is 3.83. The molecule has 0 saturated carbocycles. The second-order valence-electron chi connectivity index (χ2n) is 6.33. The minimum Gasteiger partial charge on any atom is -0.395 e. The highest BCUT2D eigenvalue weighted by Gasteiger charge is 2.21. The fourth-order valence-corrected chi connectivity index (χ4v) is 9.42. The normalized spacial score (nSPS) is 12.6. The molecule has 0 aliphatic rings. The van der Waals surface area contributed by atoms with E-state index in [4.69, 9.17) is 0 Å². The van der Waals surface area contributed by atoms with E-state index in [-0.39, 0.29) is 0 Å². The zero-order valence-electron chi connectivity index (χ0n) is 12.4. The van der Waals surface area contributed by atoms with Crippen LogP contribution in [-0.4, -0.2) is 37.4 Å². The highest BCUT2D eigenvalue weighted by atomic mass is 28.3. The quantitative estimate of drug-likeness (QED) is 0.533. The van der Waals surface area contributed by atoms with Crippen molar-refractivity contribution < 1.29 is 5.11 Å². The van der Waals surface area contributed by atoms with Gasteiger partial charge in [0.15, 0.2) is 0 Å². The van der Waals surface area contributed by atoms with Gasteiger partial charge in [-0.3, -0.25) is 0 Å². The zero-order valence-corrected chi connectivity index (χ0v) is 15.4. The van der Waals surface area contributed by atoms with Crippen molar-refractivity contribution in [2.75, 3.05) is 0 Å². The SMILES string of the molecule is CC(C)=C[Si]CC[Si](C)(C)CC[Si]C(C)(C)O. The van der Waals surface area contributed by atoms with Crippen LogP contribution in [0.2, 0.25) is 37.3 Å². The van der Waals surface area contributed by atoms with Crippen molar-refractivity contribution in [2.24, 2.45) is 0 Å². The molecule has 0 heterocycles. The van der Waals surface area contributed by atoms with Crippen molar-refractivity contribution in [1.29, 1.82) is 0 Å². The molecule has 0 aromatic carbocycles. The Hall–Kier alpha value is 0.351. The predicted molar refractivity (Wildman–Crippen MR) is 83.9 cm³/mol. The summed E-state index contributed by atoms with van der Waals surface area (Å²) in [4.78, 5) is 0. The van der Waals surface area contributed by atoms with Crippen molar-refractivity contribution in [3.05, 3.63) is 11.3 Å². The van der Waals surface area contributed by atoms with E-state index in [9.17, 15) is 5.11 Å². The molecule has 1 N–H and O–H groups in total. The lowest BCUT2D eigenvalue weighted by Crippen LogP contribution is -2.31. The third-order valence-electron chi connectivity index (χ3n) is 2.70. The lowest BCUT2D eigenvalue weighted by Gasteiger charge is -2.24. The van der Waals surface area contributed by atoms with Gasteiger partial charge in [-0.2, -0.15) is 0 Å². The van der Waals surface area contributed by atoms with Crippen LogP contribution in [0.3, 0.4) is 0 Å². The van der Waals surface area contributed by atoms with Crippen molar-refractivity contribution in [2.45, 2.75) is 70.2 Å². The van der Waals surface area contributed by atoms with E-state index in [0.29, 0.717) is 9.52 Å². The molecule has 17 heavy (non-hydrogen) atoms. The molecule has 0 unspecified atom stereocenters. The molecule has 0 aliphatic carbocycles. The molecule has 0 aliphatic heterocycles. The average Bonchev–Trinajstić information content (AvgIpc) is 2.09. The fraction of sp³-hybridized carbons (Fsp3) is 0.846. The molecule has 1 nitrogen and oxygen atoms in total. The maximum absolute atomic E-state index is 9.71. The molecule has 0 aromatic rings. The largest absolute Gasteiger partial charge is 0.395 e. The third kappa shape index (κ3) is 12.6. The van der Waals surface area contributed by atoms with Gasteiger partial charge in [-0.1, -0.05) is 42.8 Å². The van der Waals surface area contributed by atoms with Gasteiger partial charge in [0.1, 0.15) is 0 Å². The summed E-state index contributed by atoms with van der Waals surface area (Å²) in [6, 6.07) is 5.39. The molecule has 0 saturated heterocycles. The van der Waals surface area contributed by atoms with Crippen LogP contribution in [0, 0.1) is 0 Å². The van der Waals surface area contributed by atoms with Gasteiger partial charge in [-0.05, 0) is 27.7 Å². The maximum atomic E-state index is 9.71. The van der Waals surface area contributed by atoms with Crippen molar-refractivity contribution in [3.8, 4) is 0 Å². The van der Waals surface area contributed by atoms with Crippen LogP contribution in [0.5, 0.6) is 0 Å². The van der Waals surface area contributed by atoms with Gasteiger partial charge >= 0.3 is 0 Å². The van der Waals surface area contributed by atoms with Gasteiger partial charge in [0.05, 0.1) is 19.0 Å². The van der Waals surface area contributed by atoms with Crippen molar-refractivity contribution >= 4 is 27.1 Å². The smallest absolute Gasteiger partial charge is 0.0808 e. The second-order valence-corrected chi connectivity index (χ2v) is 14.9. The van der Waals surface area contributed by atoms with Crippen LogP contribution < -0.4 is 0 Å². The van der Waals surface area contributed by atoms with Crippen LogP contribution in [-0.2, 0) is 0 Å². The Labute approximate surface area is 114 Å². The lowest BCUT2D eigenvalue weighted by atomic mass is 10.4. The highest BCUT2D eigenvalue weighted by Crippen LogP contribution is 2.21. The van der Waals surface area contributed by atoms with Gasteiger partial charge in [0.25, 0.3) is 0 Å². The Morgan fingerprint density at radius 1 is 1.18 bits per heavy atom. The molecular weight excluding hydrogens is 256 g/mol. The van der Waals surface area contributed by atoms with E-state index < -0.39 is 13.3 Å². The van der Waals surface area contributed by atoms with E-state index in [1.807, 2.05) is 13.8 Å². The average molecular weight is 285 g/mol. The van der Waals surface area contributed by atoms with Gasteiger partial charge in [0.2, 0.25) is 0 Å². The summed E-state index contributed by atoms with van der Waals surface area (Å²) >= 11 is 0. The number of allylic oxidation sites excluding steroid dienone is 1. The molecule has 0 bridgehead atoms. The fourth-order valence-electron chi connectivity index (χ4n) is 1.52. The number of rotatable bonds is 8. The summed E-state index contributed by atoms with van der Waals surface area (Å²) in [5.74, 6) is 0. The Balaban J connectivity index is 3.76.